The number of nitrogens with two attached hydrogens (primary N) is 1. The van der Waals surface area contributed by atoms with Gasteiger partial charge < -0.3 is 10.8 Å². The second-order valence-corrected chi connectivity index (χ2v) is 7.82. The minimum atomic E-state index is -3.48. The van der Waals surface area contributed by atoms with Gasteiger partial charge in [-0.2, -0.15) is 4.31 Å². The standard InChI is InChI=1S/C14H20N2O3S/c1-9-6-11(15)3-5-14(9)20(18,19)16-7-10-2-4-13(17)12(10)8-16/h3,5-6,10,12-13,17H,2,4,7-8,15H2,1H3. The van der Waals surface area contributed by atoms with E-state index in [1.165, 1.54) is 4.31 Å². The van der Waals surface area contributed by atoms with Crippen LogP contribution in [0.25, 0.3) is 0 Å². The van der Waals surface area contributed by atoms with Gasteiger partial charge in [-0.3, -0.25) is 0 Å². The van der Waals surface area contributed by atoms with Crippen molar-refractivity contribution in [2.75, 3.05) is 18.8 Å². The molecule has 0 spiro atoms. The Morgan fingerprint density at radius 1 is 1.30 bits per heavy atom. The van der Waals surface area contributed by atoms with Gasteiger partial charge in [-0.25, -0.2) is 8.42 Å². The van der Waals surface area contributed by atoms with Crippen molar-refractivity contribution in [3.8, 4) is 0 Å². The van der Waals surface area contributed by atoms with Crippen LogP contribution in [0.2, 0.25) is 0 Å². The average molecular weight is 296 g/mol. The summed E-state index contributed by atoms with van der Waals surface area (Å²) in [4.78, 5) is 0.321. The maximum Gasteiger partial charge on any atom is 0.243 e. The molecular weight excluding hydrogens is 276 g/mol. The fourth-order valence-corrected chi connectivity index (χ4v) is 5.23. The first-order valence-corrected chi connectivity index (χ1v) is 8.38. The summed E-state index contributed by atoms with van der Waals surface area (Å²) in [7, 11) is -3.48. The molecule has 1 saturated carbocycles. The highest BCUT2D eigenvalue weighted by Crippen LogP contribution is 2.40. The number of anilines is 1. The largest absolute Gasteiger partial charge is 0.399 e. The third-order valence-electron chi connectivity index (χ3n) is 4.60. The number of aliphatic hydroxyl groups excluding tert-OH is 1. The van der Waals surface area contributed by atoms with E-state index in [2.05, 4.69) is 0 Å². The number of nitrogens with zero attached hydrogens (tertiary/aromatic N) is 1. The minimum absolute atomic E-state index is 0.0962. The SMILES string of the molecule is Cc1cc(N)ccc1S(=O)(=O)N1CC2CCC(O)C2C1. The molecule has 1 aliphatic heterocycles. The number of sulfonamides is 1. The van der Waals surface area contributed by atoms with Crippen LogP contribution in [0, 0.1) is 18.8 Å². The van der Waals surface area contributed by atoms with E-state index in [0.29, 0.717) is 35.2 Å². The fourth-order valence-electron chi connectivity index (χ4n) is 3.49. The zero-order valence-corrected chi connectivity index (χ0v) is 12.3. The van der Waals surface area contributed by atoms with E-state index >= 15 is 0 Å². The average Bonchev–Trinajstić information content (AvgIpc) is 2.92. The molecule has 3 atom stereocenters. The number of aliphatic hydroxyl groups is 1. The van der Waals surface area contributed by atoms with Crippen LogP contribution in [0.3, 0.4) is 0 Å². The van der Waals surface area contributed by atoms with E-state index in [-0.39, 0.29) is 12.0 Å². The number of rotatable bonds is 2. The monoisotopic (exact) mass is 296 g/mol. The molecule has 1 aromatic carbocycles. The summed E-state index contributed by atoms with van der Waals surface area (Å²) in [6.07, 6.45) is 1.36. The molecule has 1 saturated heterocycles. The van der Waals surface area contributed by atoms with Crippen molar-refractivity contribution in [3.63, 3.8) is 0 Å². The van der Waals surface area contributed by atoms with Crippen molar-refractivity contribution in [3.05, 3.63) is 23.8 Å². The smallest absolute Gasteiger partial charge is 0.243 e. The zero-order valence-electron chi connectivity index (χ0n) is 11.5. The fraction of sp³-hybridized carbons (Fsp3) is 0.571. The van der Waals surface area contributed by atoms with Crippen LogP contribution in [-0.4, -0.2) is 37.0 Å². The third-order valence-corrected chi connectivity index (χ3v) is 6.59. The van der Waals surface area contributed by atoms with Crippen LogP contribution in [0.1, 0.15) is 18.4 Å². The van der Waals surface area contributed by atoms with Gasteiger partial charge >= 0.3 is 0 Å². The molecule has 20 heavy (non-hydrogen) atoms. The molecule has 2 aliphatic rings. The van der Waals surface area contributed by atoms with E-state index in [1.807, 2.05) is 0 Å². The van der Waals surface area contributed by atoms with E-state index in [0.717, 1.165) is 12.8 Å². The molecule has 1 aliphatic carbocycles. The summed E-state index contributed by atoms with van der Waals surface area (Å²) in [5.74, 6) is 0.396. The third kappa shape index (κ3) is 2.12. The second kappa shape index (κ2) is 4.72. The van der Waals surface area contributed by atoms with Crippen molar-refractivity contribution in [2.24, 2.45) is 11.8 Å². The zero-order chi connectivity index (χ0) is 14.5. The van der Waals surface area contributed by atoms with Crippen molar-refractivity contribution < 1.29 is 13.5 Å². The summed E-state index contributed by atoms with van der Waals surface area (Å²) in [6, 6.07) is 4.87. The Morgan fingerprint density at radius 3 is 2.70 bits per heavy atom. The summed E-state index contributed by atoms with van der Waals surface area (Å²) >= 11 is 0. The molecule has 3 N–H and O–H groups in total. The quantitative estimate of drug-likeness (QED) is 0.797. The molecule has 3 unspecified atom stereocenters. The highest BCUT2D eigenvalue weighted by Gasteiger charge is 2.45. The minimum Gasteiger partial charge on any atom is -0.399 e. The molecule has 5 nitrogen and oxygen atoms in total. The van der Waals surface area contributed by atoms with Gasteiger partial charge in [0.2, 0.25) is 10.0 Å². The Hall–Kier alpha value is -1.11. The maximum atomic E-state index is 12.7. The summed E-state index contributed by atoms with van der Waals surface area (Å²) in [5, 5.41) is 9.91. The van der Waals surface area contributed by atoms with Crippen molar-refractivity contribution >= 4 is 15.7 Å². The summed E-state index contributed by atoms with van der Waals surface area (Å²) in [6.45, 7) is 2.71. The van der Waals surface area contributed by atoms with E-state index in [4.69, 9.17) is 5.73 Å². The lowest BCUT2D eigenvalue weighted by Gasteiger charge is -2.19. The van der Waals surface area contributed by atoms with Gasteiger partial charge in [0.1, 0.15) is 0 Å². The Labute approximate surface area is 119 Å². The first-order chi connectivity index (χ1) is 9.39. The van der Waals surface area contributed by atoms with E-state index in [1.54, 1.807) is 25.1 Å². The lowest BCUT2D eigenvalue weighted by Crippen LogP contribution is -2.31. The number of hydrogen-bond donors (Lipinski definition) is 2. The van der Waals surface area contributed by atoms with Crippen LogP contribution in [0.5, 0.6) is 0 Å². The summed E-state index contributed by atoms with van der Waals surface area (Å²) < 4.78 is 26.9. The predicted octanol–water partition coefficient (Wildman–Crippen LogP) is 0.969. The highest BCUT2D eigenvalue weighted by atomic mass is 32.2. The van der Waals surface area contributed by atoms with Crippen molar-refractivity contribution in [1.82, 2.24) is 4.31 Å². The normalized spacial score (nSPS) is 30.6. The molecule has 2 fully saturated rings. The molecule has 3 rings (SSSR count). The maximum absolute atomic E-state index is 12.7. The Balaban J connectivity index is 1.90. The molecular formula is C14H20N2O3S. The number of fused-ring (bicyclic) bond motifs is 1. The lowest BCUT2D eigenvalue weighted by atomic mass is 10.00. The number of nitrogen functional groups attached to an aromatic ring is 1. The molecule has 6 heteroatoms. The van der Waals surface area contributed by atoms with Crippen LogP contribution in [0.4, 0.5) is 5.69 Å². The Morgan fingerprint density at radius 2 is 2.05 bits per heavy atom. The topological polar surface area (TPSA) is 83.6 Å². The Bertz CT molecular complexity index is 629. The van der Waals surface area contributed by atoms with Gasteiger partial charge in [0, 0.05) is 24.7 Å². The second-order valence-electron chi connectivity index (χ2n) is 5.92. The highest BCUT2D eigenvalue weighted by molar-refractivity contribution is 7.89. The molecule has 1 aromatic rings. The van der Waals surface area contributed by atoms with Gasteiger partial charge in [-0.05, 0) is 49.4 Å². The molecule has 1 heterocycles. The van der Waals surface area contributed by atoms with E-state index < -0.39 is 10.0 Å². The number of hydrogen-bond acceptors (Lipinski definition) is 4. The number of benzene rings is 1. The Kier molecular flexibility index (Phi) is 3.27. The summed E-state index contributed by atoms with van der Waals surface area (Å²) in [5.41, 5.74) is 6.91. The van der Waals surface area contributed by atoms with Gasteiger partial charge in [0.25, 0.3) is 0 Å². The molecule has 0 aromatic heterocycles. The molecule has 110 valence electrons. The molecule has 0 amide bonds. The lowest BCUT2D eigenvalue weighted by molar-refractivity contribution is 0.129. The predicted molar refractivity (Wildman–Crippen MR) is 76.6 cm³/mol. The first-order valence-electron chi connectivity index (χ1n) is 6.94. The van der Waals surface area contributed by atoms with Crippen LogP contribution in [-0.2, 0) is 10.0 Å². The van der Waals surface area contributed by atoms with Gasteiger partial charge in [0.15, 0.2) is 0 Å². The van der Waals surface area contributed by atoms with Crippen LogP contribution < -0.4 is 5.73 Å². The molecule has 0 bridgehead atoms. The van der Waals surface area contributed by atoms with E-state index in [9.17, 15) is 13.5 Å². The number of aryl methyl sites for hydroxylation is 1. The van der Waals surface area contributed by atoms with Crippen LogP contribution >= 0.6 is 0 Å². The molecule has 0 radical (unpaired) electrons. The van der Waals surface area contributed by atoms with Crippen molar-refractivity contribution in [2.45, 2.75) is 30.8 Å². The van der Waals surface area contributed by atoms with Gasteiger partial charge in [-0.1, -0.05) is 0 Å². The van der Waals surface area contributed by atoms with Gasteiger partial charge in [-0.15, -0.1) is 0 Å². The first kappa shape index (κ1) is 13.9. The van der Waals surface area contributed by atoms with Gasteiger partial charge in [0.05, 0.1) is 11.0 Å². The van der Waals surface area contributed by atoms with Crippen molar-refractivity contribution in [1.29, 1.82) is 0 Å². The van der Waals surface area contributed by atoms with Crippen LogP contribution in [0.15, 0.2) is 23.1 Å².